The zero-order valence-electron chi connectivity index (χ0n) is 8.88. The minimum absolute atomic E-state index is 0.501. The molecule has 2 heterocycles. The summed E-state index contributed by atoms with van der Waals surface area (Å²) in [4.78, 5) is 0. The molecule has 0 saturated carbocycles. The Kier molecular flexibility index (Phi) is 2.40. The van der Waals surface area contributed by atoms with Crippen molar-refractivity contribution in [2.75, 3.05) is 5.73 Å². The van der Waals surface area contributed by atoms with Gasteiger partial charge in [-0.05, 0) is 6.42 Å². The lowest BCUT2D eigenvalue weighted by molar-refractivity contribution is 0.740. The van der Waals surface area contributed by atoms with Gasteiger partial charge in [-0.25, -0.2) is 4.68 Å². The van der Waals surface area contributed by atoms with Crippen molar-refractivity contribution in [3.05, 3.63) is 18.1 Å². The zero-order valence-corrected chi connectivity index (χ0v) is 8.88. The average molecular weight is 206 g/mol. The second kappa shape index (κ2) is 3.72. The van der Waals surface area contributed by atoms with Gasteiger partial charge in [0, 0.05) is 7.05 Å². The summed E-state index contributed by atoms with van der Waals surface area (Å²) in [6.45, 7) is 2.10. The fourth-order valence-corrected chi connectivity index (χ4v) is 1.51. The lowest BCUT2D eigenvalue weighted by atomic mass is 10.2. The van der Waals surface area contributed by atoms with Gasteiger partial charge in [0.1, 0.15) is 5.69 Å². The van der Waals surface area contributed by atoms with Gasteiger partial charge in [-0.3, -0.25) is 4.68 Å². The molecule has 0 aromatic carbocycles. The van der Waals surface area contributed by atoms with Gasteiger partial charge in [-0.2, -0.15) is 5.10 Å². The van der Waals surface area contributed by atoms with Gasteiger partial charge in [-0.15, -0.1) is 5.10 Å². The molecule has 0 bridgehead atoms. The predicted octanol–water partition coefficient (Wildman–Crippen LogP) is 0.535. The lowest BCUT2D eigenvalue weighted by Gasteiger charge is -2.01. The van der Waals surface area contributed by atoms with Crippen LogP contribution in [0.15, 0.2) is 12.4 Å². The molecule has 0 spiro atoms. The van der Waals surface area contributed by atoms with E-state index in [4.69, 9.17) is 5.73 Å². The standard InChI is InChI=1S/C9H14N6/c1-3-4-8-9(10)12-13-15(8)7-5-11-14(2)6-7/h5-6H,3-4,10H2,1-2H3. The Hall–Kier alpha value is -1.85. The molecular formula is C9H14N6. The molecule has 80 valence electrons. The number of aromatic nitrogens is 5. The molecular weight excluding hydrogens is 192 g/mol. The molecule has 6 nitrogen and oxygen atoms in total. The number of hydrogen-bond acceptors (Lipinski definition) is 4. The number of aryl methyl sites for hydroxylation is 1. The maximum Gasteiger partial charge on any atom is 0.169 e. The molecule has 0 amide bonds. The number of nitrogens with two attached hydrogens (primary N) is 1. The molecule has 2 aromatic rings. The van der Waals surface area contributed by atoms with E-state index in [1.54, 1.807) is 15.6 Å². The van der Waals surface area contributed by atoms with Gasteiger partial charge in [0.15, 0.2) is 5.82 Å². The normalized spacial score (nSPS) is 10.8. The van der Waals surface area contributed by atoms with Crippen LogP contribution in [0.25, 0.3) is 5.69 Å². The molecule has 0 atom stereocenters. The van der Waals surface area contributed by atoms with E-state index < -0.39 is 0 Å². The molecule has 0 aliphatic carbocycles. The number of anilines is 1. The first-order chi connectivity index (χ1) is 7.22. The Bertz CT molecular complexity index is 455. The third-order valence-electron chi connectivity index (χ3n) is 2.22. The van der Waals surface area contributed by atoms with Crippen molar-refractivity contribution < 1.29 is 0 Å². The summed E-state index contributed by atoms with van der Waals surface area (Å²) in [6.07, 6.45) is 5.51. The van der Waals surface area contributed by atoms with Crippen LogP contribution in [-0.4, -0.2) is 24.8 Å². The average Bonchev–Trinajstić information content (AvgIpc) is 2.76. The highest BCUT2D eigenvalue weighted by Crippen LogP contribution is 2.15. The third kappa shape index (κ3) is 1.70. The van der Waals surface area contributed by atoms with Crippen LogP contribution in [0.1, 0.15) is 19.0 Å². The van der Waals surface area contributed by atoms with E-state index in [0.29, 0.717) is 5.82 Å². The molecule has 0 saturated heterocycles. The van der Waals surface area contributed by atoms with Crippen molar-refractivity contribution in [3.63, 3.8) is 0 Å². The van der Waals surface area contributed by atoms with Gasteiger partial charge in [-0.1, -0.05) is 18.6 Å². The van der Waals surface area contributed by atoms with Crippen LogP contribution in [-0.2, 0) is 13.5 Å². The van der Waals surface area contributed by atoms with E-state index in [9.17, 15) is 0 Å². The first-order valence-corrected chi connectivity index (χ1v) is 4.91. The molecule has 0 unspecified atom stereocenters. The third-order valence-corrected chi connectivity index (χ3v) is 2.22. The van der Waals surface area contributed by atoms with Crippen LogP contribution < -0.4 is 5.73 Å². The molecule has 0 aliphatic heterocycles. The Balaban J connectivity index is 2.43. The molecule has 15 heavy (non-hydrogen) atoms. The fraction of sp³-hybridized carbons (Fsp3) is 0.444. The second-order valence-corrected chi connectivity index (χ2v) is 3.46. The van der Waals surface area contributed by atoms with Crippen LogP contribution in [0.2, 0.25) is 0 Å². The summed E-state index contributed by atoms with van der Waals surface area (Å²) in [5.74, 6) is 0.501. The Morgan fingerprint density at radius 2 is 2.27 bits per heavy atom. The maximum atomic E-state index is 5.75. The highest BCUT2D eigenvalue weighted by Gasteiger charge is 2.11. The lowest BCUT2D eigenvalue weighted by Crippen LogP contribution is -2.02. The molecule has 0 aliphatic rings. The number of hydrogen-bond donors (Lipinski definition) is 1. The minimum Gasteiger partial charge on any atom is -0.381 e. The molecule has 2 N–H and O–H groups in total. The number of nitrogen functional groups attached to an aromatic ring is 1. The minimum atomic E-state index is 0.501. The molecule has 6 heteroatoms. The van der Waals surface area contributed by atoms with Gasteiger partial charge in [0.05, 0.1) is 18.1 Å². The van der Waals surface area contributed by atoms with Crippen LogP contribution in [0.4, 0.5) is 5.82 Å². The van der Waals surface area contributed by atoms with Crippen LogP contribution in [0.3, 0.4) is 0 Å². The largest absolute Gasteiger partial charge is 0.381 e. The smallest absolute Gasteiger partial charge is 0.169 e. The number of rotatable bonds is 3. The predicted molar refractivity (Wildman–Crippen MR) is 56.5 cm³/mol. The quantitative estimate of drug-likeness (QED) is 0.795. The van der Waals surface area contributed by atoms with E-state index in [0.717, 1.165) is 24.2 Å². The Labute approximate surface area is 87.7 Å². The first kappa shape index (κ1) is 9.70. The van der Waals surface area contributed by atoms with Crippen molar-refractivity contribution in [2.45, 2.75) is 19.8 Å². The van der Waals surface area contributed by atoms with E-state index in [1.165, 1.54) is 0 Å². The van der Waals surface area contributed by atoms with E-state index in [1.807, 2.05) is 13.2 Å². The van der Waals surface area contributed by atoms with Crippen molar-refractivity contribution in [1.82, 2.24) is 24.8 Å². The maximum absolute atomic E-state index is 5.75. The summed E-state index contributed by atoms with van der Waals surface area (Å²) < 4.78 is 3.47. The highest BCUT2D eigenvalue weighted by atomic mass is 15.5. The number of nitrogens with zero attached hydrogens (tertiary/aromatic N) is 5. The fourth-order valence-electron chi connectivity index (χ4n) is 1.51. The van der Waals surface area contributed by atoms with Gasteiger partial charge in [0.25, 0.3) is 0 Å². The summed E-state index contributed by atoms with van der Waals surface area (Å²) >= 11 is 0. The molecule has 2 aromatic heterocycles. The van der Waals surface area contributed by atoms with Crippen LogP contribution in [0.5, 0.6) is 0 Å². The monoisotopic (exact) mass is 206 g/mol. The SMILES string of the molecule is CCCc1c(N)nnn1-c1cnn(C)c1. The van der Waals surface area contributed by atoms with E-state index in [-0.39, 0.29) is 0 Å². The first-order valence-electron chi connectivity index (χ1n) is 4.91. The van der Waals surface area contributed by atoms with E-state index in [2.05, 4.69) is 22.3 Å². The second-order valence-electron chi connectivity index (χ2n) is 3.46. The molecule has 0 fully saturated rings. The molecule has 2 rings (SSSR count). The summed E-state index contributed by atoms with van der Waals surface area (Å²) in [5.41, 5.74) is 7.59. The van der Waals surface area contributed by atoms with Crippen molar-refractivity contribution in [3.8, 4) is 5.69 Å². The summed E-state index contributed by atoms with van der Waals surface area (Å²) in [5, 5.41) is 12.0. The van der Waals surface area contributed by atoms with Gasteiger partial charge >= 0.3 is 0 Å². The van der Waals surface area contributed by atoms with Crippen molar-refractivity contribution in [1.29, 1.82) is 0 Å². The topological polar surface area (TPSA) is 74.6 Å². The summed E-state index contributed by atoms with van der Waals surface area (Å²) in [7, 11) is 1.86. The molecule has 0 radical (unpaired) electrons. The summed E-state index contributed by atoms with van der Waals surface area (Å²) in [6, 6.07) is 0. The zero-order chi connectivity index (χ0) is 10.8. The van der Waals surface area contributed by atoms with Crippen LogP contribution in [0, 0.1) is 0 Å². The van der Waals surface area contributed by atoms with Crippen molar-refractivity contribution >= 4 is 5.82 Å². The van der Waals surface area contributed by atoms with Crippen molar-refractivity contribution in [2.24, 2.45) is 7.05 Å². The Morgan fingerprint density at radius 3 is 2.87 bits per heavy atom. The van der Waals surface area contributed by atoms with Crippen LogP contribution >= 0.6 is 0 Å². The van der Waals surface area contributed by atoms with Gasteiger partial charge < -0.3 is 5.73 Å². The van der Waals surface area contributed by atoms with Gasteiger partial charge in [0.2, 0.25) is 0 Å². The van der Waals surface area contributed by atoms with E-state index >= 15 is 0 Å². The Morgan fingerprint density at radius 1 is 1.47 bits per heavy atom. The highest BCUT2D eigenvalue weighted by molar-refractivity contribution is 5.39.